The Balaban J connectivity index is 1.83. The summed E-state index contributed by atoms with van der Waals surface area (Å²) in [7, 11) is 0. The second-order valence-electron chi connectivity index (χ2n) is 3.22. The molecule has 0 saturated heterocycles. The van der Waals surface area contributed by atoms with Gasteiger partial charge < -0.3 is 5.32 Å². The molecule has 0 saturated carbocycles. The monoisotopic (exact) mass is 204 g/mol. The summed E-state index contributed by atoms with van der Waals surface area (Å²) >= 11 is 0. The zero-order valence-electron chi connectivity index (χ0n) is 8.47. The van der Waals surface area contributed by atoms with E-state index in [1.54, 1.807) is 6.20 Å². The van der Waals surface area contributed by atoms with Crippen LogP contribution in [0.2, 0.25) is 0 Å². The fourth-order valence-corrected chi connectivity index (χ4v) is 1.22. The van der Waals surface area contributed by atoms with Crippen LogP contribution in [0.5, 0.6) is 0 Å². The van der Waals surface area contributed by atoms with E-state index in [0.29, 0.717) is 13.1 Å². The molecule has 0 amide bonds. The molecule has 0 aliphatic heterocycles. The minimum absolute atomic E-state index is 0.645. The zero-order valence-corrected chi connectivity index (χ0v) is 8.47. The molecule has 5 nitrogen and oxygen atoms in total. The second kappa shape index (κ2) is 4.65. The Morgan fingerprint density at radius 2 is 2.20 bits per heavy atom. The molecule has 0 bridgehead atoms. The largest absolute Gasteiger partial charge is 0.305 e. The maximum absolute atomic E-state index is 4.59. The molecular formula is C10H12N4O. The summed E-state index contributed by atoms with van der Waals surface area (Å²) in [6.45, 7) is 3.23. The van der Waals surface area contributed by atoms with E-state index < -0.39 is 0 Å². The summed E-state index contributed by atoms with van der Waals surface area (Å²) in [5.74, 6) is 0. The molecule has 0 aliphatic carbocycles. The summed E-state index contributed by atoms with van der Waals surface area (Å²) in [4.78, 5) is 4.20. The first-order valence-electron chi connectivity index (χ1n) is 4.75. The van der Waals surface area contributed by atoms with Gasteiger partial charge in [-0.25, -0.2) is 4.63 Å². The molecule has 1 N–H and O–H groups in total. The molecule has 0 aliphatic rings. The quantitative estimate of drug-likeness (QED) is 0.806. The van der Waals surface area contributed by atoms with E-state index in [9.17, 15) is 0 Å². The Morgan fingerprint density at radius 1 is 1.27 bits per heavy atom. The molecule has 78 valence electrons. The third-order valence-electron chi connectivity index (χ3n) is 2.07. The molecule has 0 unspecified atom stereocenters. The Morgan fingerprint density at radius 3 is 2.87 bits per heavy atom. The van der Waals surface area contributed by atoms with Crippen LogP contribution in [-0.4, -0.2) is 15.3 Å². The van der Waals surface area contributed by atoms with Crippen molar-refractivity contribution < 1.29 is 4.63 Å². The number of nitrogens with one attached hydrogen (secondary N) is 1. The summed E-state index contributed by atoms with van der Waals surface area (Å²) in [5, 5.41) is 10.7. The van der Waals surface area contributed by atoms with Crippen LogP contribution in [0.4, 0.5) is 0 Å². The lowest BCUT2D eigenvalue weighted by atomic mass is 10.3. The Hall–Kier alpha value is -1.75. The molecule has 0 fully saturated rings. The molecule has 5 heteroatoms. The van der Waals surface area contributed by atoms with Gasteiger partial charge in [-0.3, -0.25) is 4.98 Å². The van der Waals surface area contributed by atoms with Crippen LogP contribution >= 0.6 is 0 Å². The normalized spacial score (nSPS) is 10.5. The van der Waals surface area contributed by atoms with E-state index >= 15 is 0 Å². The van der Waals surface area contributed by atoms with E-state index in [1.165, 1.54) is 0 Å². The predicted octanol–water partition coefficient (Wildman–Crippen LogP) is 1.06. The van der Waals surface area contributed by atoms with Crippen molar-refractivity contribution in [3.63, 3.8) is 0 Å². The van der Waals surface area contributed by atoms with E-state index in [-0.39, 0.29) is 0 Å². The Kier molecular flexibility index (Phi) is 3.04. The van der Waals surface area contributed by atoms with Crippen LogP contribution in [0, 0.1) is 6.92 Å². The van der Waals surface area contributed by atoms with Gasteiger partial charge in [0.2, 0.25) is 0 Å². The average Bonchev–Trinajstić information content (AvgIpc) is 2.66. The van der Waals surface area contributed by atoms with Gasteiger partial charge in [-0.15, -0.1) is 0 Å². The van der Waals surface area contributed by atoms with Crippen molar-refractivity contribution in [3.05, 3.63) is 41.5 Å². The van der Waals surface area contributed by atoms with E-state index in [2.05, 4.69) is 25.2 Å². The SMILES string of the molecule is Cc1nonc1CNCc1ccccn1. The maximum Gasteiger partial charge on any atom is 0.121 e. The minimum atomic E-state index is 0.645. The van der Waals surface area contributed by atoms with Crippen LogP contribution in [0.15, 0.2) is 29.0 Å². The first-order chi connectivity index (χ1) is 7.36. The standard InChI is InChI=1S/C10H12N4O/c1-8-10(14-15-13-8)7-11-6-9-4-2-3-5-12-9/h2-5,11H,6-7H2,1H3. The highest BCUT2D eigenvalue weighted by atomic mass is 16.6. The van der Waals surface area contributed by atoms with Crippen molar-refractivity contribution in [2.75, 3.05) is 0 Å². The highest BCUT2D eigenvalue weighted by Crippen LogP contribution is 2.00. The molecular weight excluding hydrogens is 192 g/mol. The molecule has 2 aromatic heterocycles. The Bertz CT molecular complexity index is 412. The Labute approximate surface area is 87.5 Å². The molecule has 15 heavy (non-hydrogen) atoms. The summed E-state index contributed by atoms with van der Waals surface area (Å²) in [6, 6.07) is 5.84. The highest BCUT2D eigenvalue weighted by Gasteiger charge is 2.03. The summed E-state index contributed by atoms with van der Waals surface area (Å²) in [5.41, 5.74) is 2.67. The minimum Gasteiger partial charge on any atom is -0.305 e. The fourth-order valence-electron chi connectivity index (χ4n) is 1.22. The van der Waals surface area contributed by atoms with Crippen LogP contribution in [0.1, 0.15) is 17.1 Å². The number of nitrogens with zero attached hydrogens (tertiary/aromatic N) is 3. The van der Waals surface area contributed by atoms with Gasteiger partial charge in [-0.2, -0.15) is 0 Å². The number of hydrogen-bond donors (Lipinski definition) is 1. The smallest absolute Gasteiger partial charge is 0.121 e. The van der Waals surface area contributed by atoms with Crippen molar-refractivity contribution in [3.8, 4) is 0 Å². The van der Waals surface area contributed by atoms with Crippen molar-refractivity contribution >= 4 is 0 Å². The number of pyridine rings is 1. The first kappa shape index (κ1) is 9.79. The predicted molar refractivity (Wildman–Crippen MR) is 53.8 cm³/mol. The van der Waals surface area contributed by atoms with Gasteiger partial charge in [0, 0.05) is 19.3 Å². The van der Waals surface area contributed by atoms with Crippen molar-refractivity contribution in [1.82, 2.24) is 20.6 Å². The molecule has 2 rings (SSSR count). The number of rotatable bonds is 4. The lowest BCUT2D eigenvalue weighted by Gasteiger charge is -2.01. The summed E-state index contributed by atoms with van der Waals surface area (Å²) < 4.78 is 4.59. The molecule has 0 spiro atoms. The maximum atomic E-state index is 4.59. The molecule has 0 radical (unpaired) electrons. The van der Waals surface area contributed by atoms with Gasteiger partial charge >= 0.3 is 0 Å². The van der Waals surface area contributed by atoms with Crippen LogP contribution in [-0.2, 0) is 13.1 Å². The van der Waals surface area contributed by atoms with Gasteiger partial charge in [0.1, 0.15) is 11.4 Å². The van der Waals surface area contributed by atoms with Crippen molar-refractivity contribution in [2.45, 2.75) is 20.0 Å². The average molecular weight is 204 g/mol. The van der Waals surface area contributed by atoms with Gasteiger partial charge in [-0.05, 0) is 19.1 Å². The van der Waals surface area contributed by atoms with Gasteiger partial charge in [-0.1, -0.05) is 16.4 Å². The number of aromatic nitrogens is 3. The molecule has 0 atom stereocenters. The number of aryl methyl sites for hydroxylation is 1. The van der Waals surface area contributed by atoms with E-state index in [0.717, 1.165) is 17.1 Å². The number of hydrogen-bond acceptors (Lipinski definition) is 5. The third kappa shape index (κ3) is 2.60. The van der Waals surface area contributed by atoms with Crippen LogP contribution < -0.4 is 5.32 Å². The van der Waals surface area contributed by atoms with E-state index in [1.807, 2.05) is 25.1 Å². The first-order valence-corrected chi connectivity index (χ1v) is 4.75. The third-order valence-corrected chi connectivity index (χ3v) is 2.07. The fraction of sp³-hybridized carbons (Fsp3) is 0.300. The molecule has 2 heterocycles. The van der Waals surface area contributed by atoms with E-state index in [4.69, 9.17) is 0 Å². The highest BCUT2D eigenvalue weighted by molar-refractivity contribution is 5.06. The van der Waals surface area contributed by atoms with Crippen LogP contribution in [0.25, 0.3) is 0 Å². The second-order valence-corrected chi connectivity index (χ2v) is 3.22. The lowest BCUT2D eigenvalue weighted by molar-refractivity contribution is 0.300. The lowest BCUT2D eigenvalue weighted by Crippen LogP contribution is -2.14. The van der Waals surface area contributed by atoms with Crippen molar-refractivity contribution in [2.24, 2.45) is 0 Å². The zero-order chi connectivity index (χ0) is 10.5. The van der Waals surface area contributed by atoms with Gasteiger partial charge in [0.25, 0.3) is 0 Å². The van der Waals surface area contributed by atoms with Gasteiger partial charge in [0.05, 0.1) is 5.69 Å². The molecule has 0 aromatic carbocycles. The van der Waals surface area contributed by atoms with Crippen molar-refractivity contribution in [1.29, 1.82) is 0 Å². The van der Waals surface area contributed by atoms with Crippen LogP contribution in [0.3, 0.4) is 0 Å². The topological polar surface area (TPSA) is 63.8 Å². The van der Waals surface area contributed by atoms with Gasteiger partial charge in [0.15, 0.2) is 0 Å². The summed E-state index contributed by atoms with van der Waals surface area (Å²) in [6.07, 6.45) is 1.78. The molecule has 2 aromatic rings.